The van der Waals surface area contributed by atoms with Crippen LogP contribution in [0.5, 0.6) is 5.75 Å². The summed E-state index contributed by atoms with van der Waals surface area (Å²) in [4.78, 5) is 43.3. The predicted molar refractivity (Wildman–Crippen MR) is 159 cm³/mol. The maximum atomic E-state index is 13.8. The van der Waals surface area contributed by atoms with Crippen molar-refractivity contribution in [2.45, 2.75) is 19.9 Å². The molecule has 0 bridgehead atoms. The van der Waals surface area contributed by atoms with E-state index in [0.717, 1.165) is 11.3 Å². The number of carboxylic acid groups (broad SMARTS) is 1. The number of benzene rings is 2. The number of hydrogen-bond acceptors (Lipinski definition) is 8. The number of esters is 1. The third-order valence-electron chi connectivity index (χ3n) is 6.46. The average molecular weight is 605 g/mol. The summed E-state index contributed by atoms with van der Waals surface area (Å²) >= 11 is 7.46. The van der Waals surface area contributed by atoms with Crippen LogP contribution in [-0.2, 0) is 9.53 Å². The highest BCUT2D eigenvalue weighted by molar-refractivity contribution is 7.07. The van der Waals surface area contributed by atoms with Gasteiger partial charge in [0.2, 0.25) is 0 Å². The second kappa shape index (κ2) is 12.1. The fourth-order valence-corrected chi connectivity index (χ4v) is 5.80. The molecule has 3 heterocycles. The van der Waals surface area contributed by atoms with E-state index in [2.05, 4.69) is 11.6 Å². The standard InChI is InChI=1S/C31H25ClN2O7S/c1-4-14-40-20-9-6-18(7-10-20)27-26(30(38)39-5-2)17(3)33-31-34(27)28(35)25(42-31)16-21-11-13-24(41-21)22-15-19(29(36)37)8-12-23(22)32/h4,6-13,15-16,27H,1,5,14H2,2-3H3,(H,36,37)/b25-16-/t27-/m1/s1. The fraction of sp³-hybridized carbons (Fsp3) is 0.161. The predicted octanol–water partition coefficient (Wildman–Crippen LogP) is 4.97. The Hall–Kier alpha value is -4.67. The monoisotopic (exact) mass is 604 g/mol. The third-order valence-corrected chi connectivity index (χ3v) is 7.77. The van der Waals surface area contributed by atoms with Crippen LogP contribution in [0.2, 0.25) is 5.02 Å². The van der Waals surface area contributed by atoms with E-state index in [4.69, 9.17) is 25.5 Å². The normalized spacial score (nSPS) is 14.7. The van der Waals surface area contributed by atoms with Crippen molar-refractivity contribution in [3.05, 3.63) is 120 Å². The zero-order chi connectivity index (χ0) is 30.0. The molecular formula is C31H25ClN2O7S. The summed E-state index contributed by atoms with van der Waals surface area (Å²) in [6.45, 7) is 7.59. The van der Waals surface area contributed by atoms with E-state index in [1.165, 1.54) is 22.8 Å². The molecule has 11 heteroatoms. The zero-order valence-electron chi connectivity index (χ0n) is 22.6. The Labute approximate surface area is 248 Å². The first-order chi connectivity index (χ1) is 20.2. The van der Waals surface area contributed by atoms with Crippen molar-refractivity contribution in [2.75, 3.05) is 13.2 Å². The SMILES string of the molecule is C=CCOc1ccc([C@@H]2C(C(=O)OCC)=C(C)N=c3s/c(=C\c4ccc(-c5cc(C(=O)O)ccc5Cl)o4)c(=O)n32)cc1. The van der Waals surface area contributed by atoms with E-state index in [0.29, 0.717) is 55.1 Å². The number of allylic oxidation sites excluding steroid dienone is 1. The first-order valence-corrected chi connectivity index (χ1v) is 14.1. The summed E-state index contributed by atoms with van der Waals surface area (Å²) in [5, 5.41) is 9.67. The highest BCUT2D eigenvalue weighted by Crippen LogP contribution is 2.32. The van der Waals surface area contributed by atoms with Gasteiger partial charge in [-0.05, 0) is 61.9 Å². The van der Waals surface area contributed by atoms with Crippen LogP contribution < -0.4 is 19.6 Å². The minimum atomic E-state index is -1.09. The molecule has 1 aliphatic heterocycles. The smallest absolute Gasteiger partial charge is 0.338 e. The molecule has 5 rings (SSSR count). The van der Waals surface area contributed by atoms with Gasteiger partial charge in [0.1, 0.15) is 23.9 Å². The second-order valence-corrected chi connectivity index (χ2v) is 10.6. The van der Waals surface area contributed by atoms with Crippen LogP contribution in [0, 0.1) is 0 Å². The zero-order valence-corrected chi connectivity index (χ0v) is 24.2. The van der Waals surface area contributed by atoms with Gasteiger partial charge in [0.15, 0.2) is 4.80 Å². The minimum absolute atomic E-state index is 0.0636. The summed E-state index contributed by atoms with van der Waals surface area (Å²) < 4.78 is 18.7. The third kappa shape index (κ3) is 5.59. The van der Waals surface area contributed by atoms with Crippen LogP contribution in [0.4, 0.5) is 0 Å². The van der Waals surface area contributed by atoms with Crippen LogP contribution in [-0.4, -0.2) is 34.8 Å². The minimum Gasteiger partial charge on any atom is -0.490 e. The number of furan rings is 1. The van der Waals surface area contributed by atoms with Gasteiger partial charge in [0.25, 0.3) is 5.56 Å². The first kappa shape index (κ1) is 28.8. The number of nitrogens with zero attached hydrogens (tertiary/aromatic N) is 2. The molecule has 0 fully saturated rings. The van der Waals surface area contributed by atoms with Crippen molar-refractivity contribution in [1.82, 2.24) is 4.57 Å². The Morgan fingerprint density at radius 1 is 1.19 bits per heavy atom. The van der Waals surface area contributed by atoms with Crippen molar-refractivity contribution in [3.8, 4) is 17.1 Å². The van der Waals surface area contributed by atoms with E-state index in [9.17, 15) is 19.5 Å². The van der Waals surface area contributed by atoms with Crippen LogP contribution >= 0.6 is 22.9 Å². The molecule has 0 aliphatic carbocycles. The van der Waals surface area contributed by atoms with Gasteiger partial charge in [0.05, 0.1) is 39.0 Å². The summed E-state index contributed by atoms with van der Waals surface area (Å²) in [5.74, 6) is -0.326. The Kier molecular flexibility index (Phi) is 8.28. The van der Waals surface area contributed by atoms with E-state index in [-0.39, 0.29) is 23.3 Å². The highest BCUT2D eigenvalue weighted by Gasteiger charge is 2.33. The van der Waals surface area contributed by atoms with Crippen molar-refractivity contribution in [3.63, 3.8) is 0 Å². The number of aromatic nitrogens is 1. The largest absolute Gasteiger partial charge is 0.490 e. The van der Waals surface area contributed by atoms with Crippen LogP contribution in [0.3, 0.4) is 0 Å². The number of carbonyl (C=O) groups excluding carboxylic acids is 1. The van der Waals surface area contributed by atoms with E-state index >= 15 is 0 Å². The molecule has 1 atom stereocenters. The van der Waals surface area contributed by atoms with Crippen molar-refractivity contribution in [1.29, 1.82) is 0 Å². The van der Waals surface area contributed by atoms with E-state index in [1.807, 2.05) is 0 Å². The number of halogens is 1. The lowest BCUT2D eigenvalue weighted by atomic mass is 9.96. The van der Waals surface area contributed by atoms with Crippen LogP contribution in [0.1, 0.15) is 41.6 Å². The number of carboxylic acids is 1. The molecule has 1 N–H and O–H groups in total. The summed E-state index contributed by atoms with van der Waals surface area (Å²) in [6, 6.07) is 14.0. The molecule has 0 unspecified atom stereocenters. The molecule has 4 aromatic rings. The number of rotatable bonds is 9. The van der Waals surface area contributed by atoms with E-state index < -0.39 is 18.0 Å². The molecule has 2 aromatic heterocycles. The first-order valence-electron chi connectivity index (χ1n) is 12.9. The molecule has 42 heavy (non-hydrogen) atoms. The summed E-state index contributed by atoms with van der Waals surface area (Å²) in [7, 11) is 0. The molecule has 0 amide bonds. The van der Waals surface area contributed by atoms with Crippen molar-refractivity contribution in [2.24, 2.45) is 4.99 Å². The van der Waals surface area contributed by atoms with Crippen LogP contribution in [0.15, 0.2) is 92.7 Å². The quantitative estimate of drug-likeness (QED) is 0.211. The van der Waals surface area contributed by atoms with Gasteiger partial charge in [-0.3, -0.25) is 9.36 Å². The molecular weight excluding hydrogens is 580 g/mol. The second-order valence-electron chi connectivity index (χ2n) is 9.17. The molecule has 0 spiro atoms. The van der Waals surface area contributed by atoms with Gasteiger partial charge in [-0.15, -0.1) is 0 Å². The maximum Gasteiger partial charge on any atom is 0.338 e. The van der Waals surface area contributed by atoms with Gasteiger partial charge in [0, 0.05) is 11.6 Å². The lowest BCUT2D eigenvalue weighted by Gasteiger charge is -2.24. The van der Waals surface area contributed by atoms with Gasteiger partial charge in [-0.1, -0.05) is 47.7 Å². The fourth-order valence-electron chi connectivity index (χ4n) is 4.56. The molecule has 0 radical (unpaired) electrons. The lowest BCUT2D eigenvalue weighted by molar-refractivity contribution is -0.139. The van der Waals surface area contributed by atoms with Gasteiger partial charge in [-0.25, -0.2) is 14.6 Å². The number of thiazole rings is 1. The molecule has 214 valence electrons. The van der Waals surface area contributed by atoms with Crippen molar-refractivity contribution >= 4 is 41.0 Å². The Balaban J connectivity index is 1.60. The summed E-state index contributed by atoms with van der Waals surface area (Å²) in [5.41, 5.74) is 1.50. The van der Waals surface area contributed by atoms with Crippen molar-refractivity contribution < 1.29 is 28.6 Å². The van der Waals surface area contributed by atoms with E-state index in [1.54, 1.807) is 62.4 Å². The highest BCUT2D eigenvalue weighted by atomic mass is 35.5. The van der Waals surface area contributed by atoms with Gasteiger partial charge >= 0.3 is 11.9 Å². The Morgan fingerprint density at radius 3 is 2.64 bits per heavy atom. The average Bonchev–Trinajstić information content (AvgIpc) is 3.55. The van der Waals surface area contributed by atoms with Gasteiger partial charge < -0.3 is 19.0 Å². The lowest BCUT2D eigenvalue weighted by Crippen LogP contribution is -2.39. The van der Waals surface area contributed by atoms with Gasteiger partial charge in [-0.2, -0.15) is 0 Å². The Morgan fingerprint density at radius 2 is 1.95 bits per heavy atom. The number of fused-ring (bicyclic) bond motifs is 1. The maximum absolute atomic E-state index is 13.8. The molecule has 1 aliphatic rings. The number of ether oxygens (including phenoxy) is 2. The molecule has 2 aromatic carbocycles. The summed E-state index contributed by atoms with van der Waals surface area (Å²) in [6.07, 6.45) is 3.22. The topological polar surface area (TPSA) is 120 Å². The number of aromatic carboxylic acids is 1. The molecule has 0 saturated heterocycles. The Bertz CT molecular complexity index is 1920. The van der Waals surface area contributed by atoms with Crippen LogP contribution in [0.25, 0.3) is 17.4 Å². The number of carbonyl (C=O) groups is 2. The molecule has 9 nitrogen and oxygen atoms in total. The number of hydrogen-bond donors (Lipinski definition) is 1. The molecule has 0 saturated carbocycles.